The lowest BCUT2D eigenvalue weighted by Gasteiger charge is -2.39. The molecule has 0 aromatic heterocycles. The molecule has 1 unspecified atom stereocenters. The van der Waals surface area contributed by atoms with Gasteiger partial charge in [0.05, 0.1) is 24.1 Å². The minimum absolute atomic E-state index is 0.0278. The molecule has 0 spiro atoms. The van der Waals surface area contributed by atoms with E-state index in [1.54, 1.807) is 15.9 Å². The monoisotopic (exact) mass is 764 g/mol. The molecule has 1 saturated heterocycles. The maximum atomic E-state index is 13.9. The van der Waals surface area contributed by atoms with E-state index in [1.807, 2.05) is 48.5 Å². The second-order valence-electron chi connectivity index (χ2n) is 14.4. The van der Waals surface area contributed by atoms with Crippen LogP contribution in [0.3, 0.4) is 0 Å². The van der Waals surface area contributed by atoms with Crippen molar-refractivity contribution in [2.75, 3.05) is 41.3 Å². The summed E-state index contributed by atoms with van der Waals surface area (Å²) in [6, 6.07) is 19.2. The molecular weight excluding hydrogens is 723 g/mol. The van der Waals surface area contributed by atoms with Crippen molar-refractivity contribution >= 4 is 67.9 Å². The van der Waals surface area contributed by atoms with Gasteiger partial charge < -0.3 is 44.4 Å². The number of nitrogens with zero attached hydrogens (tertiary/aromatic N) is 2. The van der Waals surface area contributed by atoms with Crippen molar-refractivity contribution in [3.05, 3.63) is 71.8 Å². The van der Waals surface area contributed by atoms with E-state index in [0.29, 0.717) is 36.5 Å². The van der Waals surface area contributed by atoms with Crippen molar-refractivity contribution in [1.82, 2.24) is 0 Å². The van der Waals surface area contributed by atoms with E-state index < -0.39 is 37.3 Å². The van der Waals surface area contributed by atoms with Gasteiger partial charge in [0.25, 0.3) is 0 Å². The van der Waals surface area contributed by atoms with E-state index in [2.05, 4.69) is 6.07 Å². The van der Waals surface area contributed by atoms with Crippen molar-refractivity contribution in [3.63, 3.8) is 0 Å². The first kappa shape index (κ1) is 36.3. The Balaban J connectivity index is 1.01. The summed E-state index contributed by atoms with van der Waals surface area (Å²) >= 11 is 12.9. The SMILES string of the molecule is O=C(CCCC(=O)N1C[C@@H](CCl)c2c1cc(O[C@@H]1O[C@H](CO)[C@H](O)[C@H](O)[C@H]1O)c1ccccc21)N1CC(CCl)c2c1cc(OC1CC1)c1ccccc21. The Morgan fingerprint density at radius 1 is 0.717 bits per heavy atom. The largest absolute Gasteiger partial charge is 0.490 e. The van der Waals surface area contributed by atoms with Gasteiger partial charge >= 0.3 is 0 Å². The number of aliphatic hydroxyl groups excluding tert-OH is 4. The van der Waals surface area contributed by atoms with Crippen LogP contribution in [0.2, 0.25) is 0 Å². The van der Waals surface area contributed by atoms with Crippen LogP contribution < -0.4 is 19.3 Å². The third-order valence-electron chi connectivity index (χ3n) is 10.9. The number of rotatable bonds is 11. The van der Waals surface area contributed by atoms with Gasteiger partial charge in [-0.05, 0) is 41.2 Å². The summed E-state index contributed by atoms with van der Waals surface area (Å²) in [5, 5.41) is 44.6. The first-order valence-corrected chi connectivity index (χ1v) is 19.3. The molecule has 3 heterocycles. The number of anilines is 2. The van der Waals surface area contributed by atoms with Crippen LogP contribution in [0.15, 0.2) is 60.7 Å². The van der Waals surface area contributed by atoms with Gasteiger partial charge in [0, 0.05) is 72.4 Å². The minimum atomic E-state index is -1.61. The second kappa shape index (κ2) is 14.9. The van der Waals surface area contributed by atoms with E-state index in [0.717, 1.165) is 51.6 Å². The summed E-state index contributed by atoms with van der Waals surface area (Å²) in [5.74, 6) is 1.24. The van der Waals surface area contributed by atoms with E-state index in [1.165, 1.54) is 0 Å². The summed E-state index contributed by atoms with van der Waals surface area (Å²) in [5.41, 5.74) is 3.36. The summed E-state index contributed by atoms with van der Waals surface area (Å²) < 4.78 is 18.1. The molecule has 13 heteroatoms. The Morgan fingerprint density at radius 2 is 1.21 bits per heavy atom. The van der Waals surface area contributed by atoms with Gasteiger partial charge in [-0.15, -0.1) is 23.2 Å². The molecule has 4 aromatic rings. The van der Waals surface area contributed by atoms with Crippen LogP contribution in [0.25, 0.3) is 21.5 Å². The topological polar surface area (TPSA) is 149 Å². The minimum Gasteiger partial charge on any atom is -0.490 e. The maximum absolute atomic E-state index is 13.9. The molecule has 11 nitrogen and oxygen atoms in total. The molecule has 1 saturated carbocycles. The third-order valence-corrected chi connectivity index (χ3v) is 11.7. The zero-order chi connectivity index (χ0) is 37.0. The lowest BCUT2D eigenvalue weighted by molar-refractivity contribution is -0.277. The molecule has 7 atom stereocenters. The predicted molar refractivity (Wildman–Crippen MR) is 201 cm³/mol. The lowest BCUT2D eigenvalue weighted by Crippen LogP contribution is -2.60. The number of carbonyl (C=O) groups is 2. The number of ether oxygens (including phenoxy) is 3. The molecule has 4 aliphatic rings. The molecule has 3 aliphatic heterocycles. The average Bonchev–Trinajstić information content (AvgIpc) is 3.80. The van der Waals surface area contributed by atoms with Crippen LogP contribution in [-0.2, 0) is 14.3 Å². The lowest BCUT2D eigenvalue weighted by atomic mass is 9.95. The smallest absolute Gasteiger partial charge is 0.229 e. The summed E-state index contributed by atoms with van der Waals surface area (Å²) in [7, 11) is 0. The van der Waals surface area contributed by atoms with Gasteiger partial charge in [-0.1, -0.05) is 48.5 Å². The summed E-state index contributed by atoms with van der Waals surface area (Å²) in [4.78, 5) is 31.3. The highest BCUT2D eigenvalue weighted by atomic mass is 35.5. The summed E-state index contributed by atoms with van der Waals surface area (Å²) in [6.07, 6.45) is -4.47. The third kappa shape index (κ3) is 6.60. The maximum Gasteiger partial charge on any atom is 0.229 e. The van der Waals surface area contributed by atoms with Crippen molar-refractivity contribution in [2.24, 2.45) is 0 Å². The highest BCUT2D eigenvalue weighted by molar-refractivity contribution is 6.19. The first-order chi connectivity index (χ1) is 25.7. The molecule has 0 radical (unpaired) electrons. The zero-order valence-corrected chi connectivity index (χ0v) is 30.5. The van der Waals surface area contributed by atoms with Gasteiger partial charge in [0.15, 0.2) is 0 Å². The van der Waals surface area contributed by atoms with Crippen LogP contribution in [0.1, 0.15) is 55.1 Å². The Bertz CT molecular complexity index is 2040. The first-order valence-electron chi connectivity index (χ1n) is 18.2. The average molecular weight is 766 g/mol. The number of carbonyl (C=O) groups excluding carboxylic acids is 2. The molecule has 2 fully saturated rings. The molecule has 1 aliphatic carbocycles. The van der Waals surface area contributed by atoms with Crippen LogP contribution in [0.4, 0.5) is 11.4 Å². The van der Waals surface area contributed by atoms with Crippen LogP contribution >= 0.6 is 23.2 Å². The molecule has 0 bridgehead atoms. The quantitative estimate of drug-likeness (QED) is 0.156. The number of hydrogen-bond acceptors (Lipinski definition) is 9. The number of halogens is 2. The van der Waals surface area contributed by atoms with Crippen molar-refractivity contribution in [3.8, 4) is 11.5 Å². The van der Waals surface area contributed by atoms with Crippen LogP contribution in [0.5, 0.6) is 11.5 Å². The van der Waals surface area contributed by atoms with E-state index in [-0.39, 0.29) is 54.2 Å². The number of hydrogen-bond donors (Lipinski definition) is 4. The predicted octanol–water partition coefficient (Wildman–Crippen LogP) is 4.92. The number of amides is 2. The fraction of sp³-hybridized carbons (Fsp3) is 0.450. The van der Waals surface area contributed by atoms with Gasteiger partial charge in [-0.25, -0.2) is 0 Å². The van der Waals surface area contributed by atoms with Gasteiger partial charge in [0.1, 0.15) is 35.9 Å². The van der Waals surface area contributed by atoms with E-state index in [9.17, 15) is 30.0 Å². The number of alkyl halides is 2. The molecule has 53 heavy (non-hydrogen) atoms. The Kier molecular flexibility index (Phi) is 10.2. The van der Waals surface area contributed by atoms with Gasteiger partial charge in [-0.3, -0.25) is 9.59 Å². The summed E-state index contributed by atoms with van der Waals surface area (Å²) in [6.45, 7) is 0.207. The van der Waals surface area contributed by atoms with E-state index in [4.69, 9.17) is 37.4 Å². The van der Waals surface area contributed by atoms with Gasteiger partial charge in [0.2, 0.25) is 18.1 Å². The molecule has 2 amide bonds. The fourth-order valence-corrected chi connectivity index (χ4v) is 8.56. The van der Waals surface area contributed by atoms with Gasteiger partial charge in [-0.2, -0.15) is 0 Å². The van der Waals surface area contributed by atoms with Crippen molar-refractivity contribution in [1.29, 1.82) is 0 Å². The number of aliphatic hydroxyl groups is 4. The standard InChI is InChI=1S/C40H42Cl2N2O9/c41-16-21-18-43(28-14-30(51-23-12-13-23)24-6-1-3-8-26(24)35(21)28)33(46)10-5-11-34(47)44-19-22(17-42)36-27-9-4-2-7-25(27)31(15-29(36)44)52-40-39(50)38(49)37(48)32(20-45)53-40/h1-4,6-9,14-15,21-23,32,37-40,45,48-50H,5,10-13,16-20H2/t21?,22-,32-,37+,38+,39-,40-/m1/s1. The fourth-order valence-electron chi connectivity index (χ4n) is 8.06. The molecule has 280 valence electrons. The number of fused-ring (bicyclic) bond motifs is 6. The number of benzene rings is 4. The zero-order valence-electron chi connectivity index (χ0n) is 28.9. The Hall–Kier alpha value is -3.68. The Labute approximate surface area is 316 Å². The van der Waals surface area contributed by atoms with E-state index >= 15 is 0 Å². The second-order valence-corrected chi connectivity index (χ2v) is 15.0. The highest BCUT2D eigenvalue weighted by Crippen LogP contribution is 2.48. The highest BCUT2D eigenvalue weighted by Gasteiger charge is 2.45. The van der Waals surface area contributed by atoms with Crippen molar-refractivity contribution in [2.45, 2.75) is 80.7 Å². The molecular formula is C40H42Cl2N2O9. The molecule has 4 aromatic carbocycles. The van der Waals surface area contributed by atoms with Crippen LogP contribution in [-0.4, -0.2) is 101 Å². The van der Waals surface area contributed by atoms with Crippen LogP contribution in [0, 0.1) is 0 Å². The normalized spacial score (nSPS) is 26.6. The Morgan fingerprint density at radius 3 is 1.68 bits per heavy atom. The molecule has 8 rings (SSSR count). The van der Waals surface area contributed by atoms with Crippen molar-refractivity contribution < 1.29 is 44.2 Å². The molecule has 4 N–H and O–H groups in total.